The van der Waals surface area contributed by atoms with Crippen LogP contribution >= 0.6 is 0 Å². The van der Waals surface area contributed by atoms with Crippen LogP contribution in [-0.4, -0.2) is 11.1 Å². The topological polar surface area (TPSA) is 17.0 Å². The van der Waals surface area contributed by atoms with Gasteiger partial charge >= 0.3 is 0 Å². The van der Waals surface area contributed by atoms with Crippen molar-refractivity contribution in [1.29, 1.82) is 0 Å². The molecule has 1 aliphatic carbocycles. The standard InChI is InChI=1S/C16H22N2/c1-3-16(8-9-16)12-17-10-13-11-18(2)15-7-5-4-6-14(13)15/h4-7,11,17H,3,8-10,12H2,1-2H3. The van der Waals surface area contributed by atoms with Gasteiger partial charge in [0.1, 0.15) is 0 Å². The molecule has 0 bridgehead atoms. The monoisotopic (exact) mass is 242 g/mol. The van der Waals surface area contributed by atoms with E-state index in [9.17, 15) is 0 Å². The molecule has 0 atom stereocenters. The van der Waals surface area contributed by atoms with Crippen LogP contribution in [0.3, 0.4) is 0 Å². The van der Waals surface area contributed by atoms with E-state index in [1.165, 1.54) is 42.3 Å². The van der Waals surface area contributed by atoms with E-state index in [0.717, 1.165) is 6.54 Å². The van der Waals surface area contributed by atoms with Crippen molar-refractivity contribution in [1.82, 2.24) is 9.88 Å². The SMILES string of the molecule is CCC1(CNCc2cn(C)c3ccccc23)CC1. The van der Waals surface area contributed by atoms with Crippen molar-refractivity contribution in [2.75, 3.05) is 6.54 Å². The fraction of sp³-hybridized carbons (Fsp3) is 0.500. The smallest absolute Gasteiger partial charge is 0.0481 e. The molecule has 2 nitrogen and oxygen atoms in total. The lowest BCUT2D eigenvalue weighted by molar-refractivity contribution is 0.444. The van der Waals surface area contributed by atoms with Gasteiger partial charge in [-0.3, -0.25) is 0 Å². The minimum atomic E-state index is 0.630. The number of nitrogens with one attached hydrogen (secondary N) is 1. The van der Waals surface area contributed by atoms with Gasteiger partial charge in [0.25, 0.3) is 0 Å². The van der Waals surface area contributed by atoms with Crippen molar-refractivity contribution < 1.29 is 0 Å². The van der Waals surface area contributed by atoms with E-state index in [4.69, 9.17) is 0 Å². The Balaban J connectivity index is 1.71. The highest BCUT2D eigenvalue weighted by Gasteiger charge is 2.39. The third-order valence-corrected chi connectivity index (χ3v) is 4.50. The lowest BCUT2D eigenvalue weighted by Gasteiger charge is -2.12. The van der Waals surface area contributed by atoms with Gasteiger partial charge in [0.05, 0.1) is 0 Å². The maximum atomic E-state index is 3.65. The van der Waals surface area contributed by atoms with Crippen LogP contribution in [0, 0.1) is 5.41 Å². The number of aryl methyl sites for hydroxylation is 1. The number of hydrogen-bond acceptors (Lipinski definition) is 1. The summed E-state index contributed by atoms with van der Waals surface area (Å²) in [4.78, 5) is 0. The Labute approximate surface area is 109 Å². The van der Waals surface area contributed by atoms with E-state index in [1.54, 1.807) is 0 Å². The second-order valence-corrected chi connectivity index (χ2v) is 5.74. The van der Waals surface area contributed by atoms with Crippen molar-refractivity contribution >= 4 is 10.9 Å². The summed E-state index contributed by atoms with van der Waals surface area (Å²) < 4.78 is 2.22. The first-order valence-corrected chi connectivity index (χ1v) is 6.98. The first kappa shape index (κ1) is 11.8. The molecule has 0 aliphatic heterocycles. The minimum absolute atomic E-state index is 0.630. The van der Waals surface area contributed by atoms with Crippen LogP contribution in [-0.2, 0) is 13.6 Å². The maximum absolute atomic E-state index is 3.65. The van der Waals surface area contributed by atoms with Gasteiger partial charge in [-0.2, -0.15) is 0 Å². The van der Waals surface area contributed by atoms with Crippen molar-refractivity contribution in [2.24, 2.45) is 12.5 Å². The molecule has 1 aliphatic rings. The predicted octanol–water partition coefficient (Wildman–Crippen LogP) is 3.46. The van der Waals surface area contributed by atoms with E-state index in [0.29, 0.717) is 5.41 Å². The number of para-hydroxylation sites is 1. The second kappa shape index (κ2) is 4.43. The van der Waals surface area contributed by atoms with Crippen LogP contribution in [0.2, 0.25) is 0 Å². The molecule has 0 unspecified atom stereocenters. The Hall–Kier alpha value is -1.28. The van der Waals surface area contributed by atoms with Gasteiger partial charge in [-0.25, -0.2) is 0 Å². The van der Waals surface area contributed by atoms with Crippen LogP contribution in [0.25, 0.3) is 10.9 Å². The van der Waals surface area contributed by atoms with Gasteiger partial charge in [0.2, 0.25) is 0 Å². The summed E-state index contributed by atoms with van der Waals surface area (Å²) in [7, 11) is 2.13. The number of aromatic nitrogens is 1. The summed E-state index contributed by atoms with van der Waals surface area (Å²) in [6.45, 7) is 4.47. The summed E-state index contributed by atoms with van der Waals surface area (Å²) in [6.07, 6.45) is 6.39. The molecule has 1 N–H and O–H groups in total. The fourth-order valence-corrected chi connectivity index (χ4v) is 2.86. The van der Waals surface area contributed by atoms with Crippen molar-refractivity contribution in [2.45, 2.75) is 32.7 Å². The van der Waals surface area contributed by atoms with Crippen molar-refractivity contribution in [3.63, 3.8) is 0 Å². The molecule has 1 saturated carbocycles. The van der Waals surface area contributed by atoms with Gasteiger partial charge in [-0.15, -0.1) is 0 Å². The molecule has 0 spiro atoms. The molecule has 1 aromatic carbocycles. The van der Waals surface area contributed by atoms with Crippen LogP contribution < -0.4 is 5.32 Å². The van der Waals surface area contributed by atoms with Crippen molar-refractivity contribution in [3.8, 4) is 0 Å². The van der Waals surface area contributed by atoms with Gasteiger partial charge in [0.15, 0.2) is 0 Å². The van der Waals surface area contributed by atoms with Crippen LogP contribution in [0.5, 0.6) is 0 Å². The highest BCUT2D eigenvalue weighted by molar-refractivity contribution is 5.83. The lowest BCUT2D eigenvalue weighted by atomic mass is 10.0. The fourth-order valence-electron chi connectivity index (χ4n) is 2.86. The molecule has 1 heterocycles. The zero-order valence-corrected chi connectivity index (χ0v) is 11.4. The summed E-state index contributed by atoms with van der Waals surface area (Å²) in [5, 5.41) is 5.03. The van der Waals surface area contributed by atoms with Crippen LogP contribution in [0.4, 0.5) is 0 Å². The van der Waals surface area contributed by atoms with E-state index >= 15 is 0 Å². The summed E-state index contributed by atoms with van der Waals surface area (Å²) in [6, 6.07) is 8.64. The number of benzene rings is 1. The number of hydrogen-bond donors (Lipinski definition) is 1. The Morgan fingerprint density at radius 2 is 2.06 bits per heavy atom. The first-order valence-electron chi connectivity index (χ1n) is 6.98. The third-order valence-electron chi connectivity index (χ3n) is 4.50. The first-order chi connectivity index (χ1) is 8.74. The molecule has 1 fully saturated rings. The van der Waals surface area contributed by atoms with Gasteiger partial charge in [-0.1, -0.05) is 25.1 Å². The molecule has 2 aromatic rings. The molecule has 0 amide bonds. The van der Waals surface area contributed by atoms with E-state index in [2.05, 4.69) is 54.3 Å². The Bertz CT molecular complexity index is 549. The van der Waals surface area contributed by atoms with Crippen LogP contribution in [0.15, 0.2) is 30.5 Å². The zero-order chi connectivity index (χ0) is 12.6. The Morgan fingerprint density at radius 3 is 2.78 bits per heavy atom. The largest absolute Gasteiger partial charge is 0.350 e. The van der Waals surface area contributed by atoms with E-state index in [-0.39, 0.29) is 0 Å². The molecule has 0 saturated heterocycles. The molecule has 0 radical (unpaired) electrons. The highest BCUT2D eigenvalue weighted by atomic mass is 14.9. The van der Waals surface area contributed by atoms with E-state index < -0.39 is 0 Å². The Morgan fingerprint density at radius 1 is 1.28 bits per heavy atom. The summed E-state index contributed by atoms with van der Waals surface area (Å²) >= 11 is 0. The summed E-state index contributed by atoms with van der Waals surface area (Å²) in [5.41, 5.74) is 3.37. The second-order valence-electron chi connectivity index (χ2n) is 5.74. The lowest BCUT2D eigenvalue weighted by Crippen LogP contribution is -2.22. The normalized spacial score (nSPS) is 17.2. The van der Waals surface area contributed by atoms with Crippen LogP contribution in [0.1, 0.15) is 31.7 Å². The van der Waals surface area contributed by atoms with Gasteiger partial charge < -0.3 is 9.88 Å². The minimum Gasteiger partial charge on any atom is -0.350 e. The highest BCUT2D eigenvalue weighted by Crippen LogP contribution is 2.47. The average molecular weight is 242 g/mol. The van der Waals surface area contributed by atoms with Crippen molar-refractivity contribution in [3.05, 3.63) is 36.0 Å². The molecule has 3 rings (SSSR count). The zero-order valence-electron chi connectivity index (χ0n) is 11.4. The molecular weight excluding hydrogens is 220 g/mol. The third kappa shape index (κ3) is 2.05. The molecule has 96 valence electrons. The van der Waals surface area contributed by atoms with E-state index in [1.807, 2.05) is 0 Å². The predicted molar refractivity (Wildman–Crippen MR) is 76.6 cm³/mol. The maximum Gasteiger partial charge on any atom is 0.0481 e. The average Bonchev–Trinajstić information content (AvgIpc) is 3.11. The molecular formula is C16H22N2. The summed E-state index contributed by atoms with van der Waals surface area (Å²) in [5.74, 6) is 0. The number of fused-ring (bicyclic) bond motifs is 1. The number of rotatable bonds is 5. The van der Waals surface area contributed by atoms with Gasteiger partial charge in [-0.05, 0) is 36.3 Å². The molecule has 2 heteroatoms. The molecule has 1 aromatic heterocycles. The quantitative estimate of drug-likeness (QED) is 0.849. The number of nitrogens with zero attached hydrogens (tertiary/aromatic N) is 1. The molecule has 18 heavy (non-hydrogen) atoms. The van der Waals surface area contributed by atoms with Gasteiger partial charge in [0, 0.05) is 37.2 Å². The Kier molecular flexibility index (Phi) is 2.90.